The zero-order chi connectivity index (χ0) is 18.7. The smallest absolute Gasteiger partial charge is 0.280 e. The van der Waals surface area contributed by atoms with E-state index in [9.17, 15) is 4.79 Å². The monoisotopic (exact) mass is 352 g/mol. The van der Waals surface area contributed by atoms with Gasteiger partial charge in [0.15, 0.2) is 5.96 Å². The molecule has 7 nitrogen and oxygen atoms in total. The maximum atomic E-state index is 12.2. The largest absolute Gasteiger partial charge is 0.481 e. The van der Waals surface area contributed by atoms with E-state index < -0.39 is 5.91 Å². The summed E-state index contributed by atoms with van der Waals surface area (Å²) >= 11 is 0. The third-order valence-electron chi connectivity index (χ3n) is 4.17. The SMILES string of the molecule is COc1ccc(C2=CCCc3ccc(C(=O)N=C(N)N)cc32)c(OC)n1. The van der Waals surface area contributed by atoms with Gasteiger partial charge in [-0.25, -0.2) is 0 Å². The number of nitrogens with zero attached hydrogens (tertiary/aromatic N) is 2. The van der Waals surface area contributed by atoms with E-state index in [4.69, 9.17) is 20.9 Å². The molecule has 3 rings (SSSR count). The van der Waals surface area contributed by atoms with Crippen molar-refractivity contribution in [3.63, 3.8) is 0 Å². The van der Waals surface area contributed by atoms with E-state index in [0.717, 1.165) is 35.1 Å². The molecular formula is C19H20N4O3. The van der Waals surface area contributed by atoms with E-state index in [1.165, 1.54) is 0 Å². The van der Waals surface area contributed by atoms with Gasteiger partial charge in [-0.05, 0) is 47.7 Å². The van der Waals surface area contributed by atoms with Gasteiger partial charge in [-0.3, -0.25) is 4.79 Å². The summed E-state index contributed by atoms with van der Waals surface area (Å²) < 4.78 is 10.6. The number of aromatic nitrogens is 1. The lowest BCUT2D eigenvalue weighted by molar-refractivity contribution is 0.100. The van der Waals surface area contributed by atoms with Crippen molar-refractivity contribution in [1.29, 1.82) is 0 Å². The zero-order valence-electron chi connectivity index (χ0n) is 14.7. The minimum atomic E-state index is -0.474. The van der Waals surface area contributed by atoms with Crippen molar-refractivity contribution in [3.05, 3.63) is 58.7 Å². The van der Waals surface area contributed by atoms with Crippen LogP contribution < -0.4 is 20.9 Å². The molecule has 1 aromatic carbocycles. The highest BCUT2D eigenvalue weighted by atomic mass is 16.5. The summed E-state index contributed by atoms with van der Waals surface area (Å²) in [6.45, 7) is 0. The maximum absolute atomic E-state index is 12.2. The van der Waals surface area contributed by atoms with Crippen molar-refractivity contribution in [3.8, 4) is 11.8 Å². The topological polar surface area (TPSA) is 113 Å². The second kappa shape index (κ2) is 7.26. The number of aryl methyl sites for hydroxylation is 1. The van der Waals surface area contributed by atoms with Gasteiger partial charge in [0, 0.05) is 17.2 Å². The first-order chi connectivity index (χ1) is 12.5. The van der Waals surface area contributed by atoms with Crippen LogP contribution in [0.2, 0.25) is 0 Å². The number of ether oxygens (including phenoxy) is 2. The lowest BCUT2D eigenvalue weighted by atomic mass is 9.86. The summed E-state index contributed by atoms with van der Waals surface area (Å²) in [7, 11) is 3.12. The van der Waals surface area contributed by atoms with Crippen LogP contribution in [0.3, 0.4) is 0 Å². The Morgan fingerprint density at radius 3 is 2.62 bits per heavy atom. The van der Waals surface area contributed by atoms with Crippen molar-refractivity contribution in [2.45, 2.75) is 12.8 Å². The fraction of sp³-hybridized carbons (Fsp3) is 0.211. The molecule has 2 aromatic rings. The Morgan fingerprint density at radius 2 is 1.92 bits per heavy atom. The fourth-order valence-corrected chi connectivity index (χ4v) is 2.99. The van der Waals surface area contributed by atoms with Gasteiger partial charge in [-0.2, -0.15) is 9.98 Å². The number of hydrogen-bond acceptors (Lipinski definition) is 4. The molecule has 4 N–H and O–H groups in total. The Hall–Kier alpha value is -3.35. The number of benzene rings is 1. The molecule has 0 atom stereocenters. The Balaban J connectivity index is 2.09. The number of amides is 1. The molecule has 134 valence electrons. The van der Waals surface area contributed by atoms with Gasteiger partial charge in [-0.1, -0.05) is 12.1 Å². The Labute approximate surface area is 151 Å². The summed E-state index contributed by atoms with van der Waals surface area (Å²) in [5.41, 5.74) is 14.9. The Morgan fingerprint density at radius 1 is 1.12 bits per heavy atom. The Bertz CT molecular complexity index is 915. The van der Waals surface area contributed by atoms with Crippen molar-refractivity contribution in [1.82, 2.24) is 4.98 Å². The molecule has 1 amide bonds. The highest BCUT2D eigenvalue weighted by Gasteiger charge is 2.20. The molecule has 0 spiro atoms. The Kier molecular flexibility index (Phi) is 4.88. The molecule has 0 saturated carbocycles. The highest BCUT2D eigenvalue weighted by molar-refractivity contribution is 6.02. The number of allylic oxidation sites excluding steroid dienone is 1. The first-order valence-corrected chi connectivity index (χ1v) is 8.10. The molecule has 1 heterocycles. The van der Waals surface area contributed by atoms with Gasteiger partial charge in [0.25, 0.3) is 5.91 Å². The van der Waals surface area contributed by atoms with E-state index in [-0.39, 0.29) is 5.96 Å². The fourth-order valence-electron chi connectivity index (χ4n) is 2.99. The van der Waals surface area contributed by atoms with E-state index >= 15 is 0 Å². The number of hydrogen-bond donors (Lipinski definition) is 2. The molecule has 0 saturated heterocycles. The molecule has 26 heavy (non-hydrogen) atoms. The number of carbonyl (C=O) groups is 1. The minimum Gasteiger partial charge on any atom is -0.481 e. The maximum Gasteiger partial charge on any atom is 0.280 e. The van der Waals surface area contributed by atoms with Gasteiger partial charge < -0.3 is 20.9 Å². The van der Waals surface area contributed by atoms with E-state index in [1.54, 1.807) is 32.4 Å². The quantitative estimate of drug-likeness (QED) is 0.642. The third kappa shape index (κ3) is 3.37. The first-order valence-electron chi connectivity index (χ1n) is 8.10. The highest BCUT2D eigenvalue weighted by Crippen LogP contribution is 2.36. The minimum absolute atomic E-state index is 0.260. The standard InChI is InChI=1S/C19H20N4O3/c1-25-16-9-8-14(18(22-16)26-2)13-5-3-4-11-6-7-12(10-15(11)13)17(24)23-19(20)21/h5-10H,3-4H2,1-2H3,(H4,20,21,23,24). The molecule has 0 bridgehead atoms. The average molecular weight is 352 g/mol. The summed E-state index contributed by atoms with van der Waals surface area (Å²) in [6.07, 6.45) is 3.89. The van der Waals surface area contributed by atoms with Crippen molar-refractivity contribution < 1.29 is 14.3 Å². The van der Waals surface area contributed by atoms with E-state index in [1.807, 2.05) is 12.1 Å². The van der Waals surface area contributed by atoms with Crippen LogP contribution >= 0.6 is 0 Å². The van der Waals surface area contributed by atoms with Gasteiger partial charge >= 0.3 is 0 Å². The second-order valence-corrected chi connectivity index (χ2v) is 5.78. The van der Waals surface area contributed by atoms with Gasteiger partial charge in [0.1, 0.15) is 0 Å². The van der Waals surface area contributed by atoms with E-state index in [2.05, 4.69) is 16.1 Å². The summed E-state index contributed by atoms with van der Waals surface area (Å²) in [6, 6.07) is 9.15. The first kappa shape index (κ1) is 17.5. The molecule has 0 aliphatic heterocycles. The number of rotatable bonds is 4. The second-order valence-electron chi connectivity index (χ2n) is 5.78. The lowest BCUT2D eigenvalue weighted by Gasteiger charge is -2.20. The van der Waals surface area contributed by atoms with Crippen LogP contribution in [0, 0.1) is 0 Å². The predicted molar refractivity (Wildman–Crippen MR) is 99.3 cm³/mol. The molecule has 0 unspecified atom stereocenters. The summed E-state index contributed by atoms with van der Waals surface area (Å²) in [4.78, 5) is 20.1. The van der Waals surface area contributed by atoms with Crippen LogP contribution in [0.5, 0.6) is 11.8 Å². The number of carbonyl (C=O) groups excluding carboxylic acids is 1. The molecule has 7 heteroatoms. The van der Waals surface area contributed by atoms with Gasteiger partial charge in [-0.15, -0.1) is 0 Å². The molecule has 0 fully saturated rings. The van der Waals surface area contributed by atoms with Gasteiger partial charge in [0.05, 0.1) is 14.2 Å². The van der Waals surface area contributed by atoms with Crippen LogP contribution in [0.4, 0.5) is 0 Å². The molecular weight excluding hydrogens is 332 g/mol. The van der Waals surface area contributed by atoms with Crippen molar-refractivity contribution in [2.75, 3.05) is 14.2 Å². The molecule has 1 aromatic heterocycles. The number of aliphatic imine (C=N–C) groups is 1. The van der Waals surface area contributed by atoms with E-state index in [0.29, 0.717) is 17.3 Å². The van der Waals surface area contributed by atoms with Gasteiger partial charge in [0.2, 0.25) is 11.8 Å². The molecule has 1 aliphatic carbocycles. The normalized spacial score (nSPS) is 12.6. The number of methoxy groups -OCH3 is 2. The summed E-state index contributed by atoms with van der Waals surface area (Å²) in [5, 5.41) is 0. The van der Waals surface area contributed by atoms with Crippen LogP contribution in [0.15, 0.2) is 41.4 Å². The van der Waals surface area contributed by atoms with Crippen molar-refractivity contribution >= 4 is 17.4 Å². The van der Waals surface area contributed by atoms with Crippen LogP contribution in [-0.2, 0) is 6.42 Å². The number of nitrogens with two attached hydrogens (primary N) is 2. The predicted octanol–water partition coefficient (Wildman–Crippen LogP) is 1.89. The van der Waals surface area contributed by atoms with Crippen LogP contribution in [-0.4, -0.2) is 31.1 Å². The van der Waals surface area contributed by atoms with Crippen LogP contribution in [0.1, 0.15) is 33.5 Å². The average Bonchev–Trinajstić information content (AvgIpc) is 2.66. The number of guanidine groups is 1. The number of pyridine rings is 1. The third-order valence-corrected chi connectivity index (χ3v) is 4.17. The molecule has 1 aliphatic rings. The zero-order valence-corrected chi connectivity index (χ0v) is 14.7. The summed E-state index contributed by atoms with van der Waals surface area (Å²) in [5.74, 6) is 0.199. The van der Waals surface area contributed by atoms with Crippen molar-refractivity contribution in [2.24, 2.45) is 16.5 Å². The lowest BCUT2D eigenvalue weighted by Crippen LogP contribution is -2.24. The number of fused-ring (bicyclic) bond motifs is 1. The molecule has 0 radical (unpaired) electrons. The van der Waals surface area contributed by atoms with Crippen LogP contribution in [0.25, 0.3) is 5.57 Å².